The predicted molar refractivity (Wildman–Crippen MR) is 109 cm³/mol. The number of nitrogens with one attached hydrogen (secondary N) is 1. The van der Waals surface area contributed by atoms with Gasteiger partial charge in [0.1, 0.15) is 4.47 Å². The number of rotatable bonds is 4. The molecule has 2 heterocycles. The Morgan fingerprint density at radius 2 is 1.89 bits per heavy atom. The minimum atomic E-state index is -0.322. The number of likely N-dealkylation sites (N-methyl/N-ethyl adjacent to an activating group) is 1. The van der Waals surface area contributed by atoms with Gasteiger partial charge in [0, 0.05) is 32.4 Å². The molecule has 144 valence electrons. The lowest BCUT2D eigenvalue weighted by Gasteiger charge is -2.37. The van der Waals surface area contributed by atoms with Crippen LogP contribution in [0.5, 0.6) is 0 Å². The standard InChI is InChI=1S/C20H24BrN3O3/c1-23-11-15(13-4-6-14(7-5-13)20(26)27-3)10-16(12-23)22-17-8-9-24(2)19(25)18(17)21/h4-9,15-16,22H,10-12H2,1-3H3/t15-,16+/m0/s1. The van der Waals surface area contributed by atoms with E-state index in [1.165, 1.54) is 12.7 Å². The van der Waals surface area contributed by atoms with Crippen molar-refractivity contribution in [2.24, 2.45) is 7.05 Å². The fourth-order valence-electron chi connectivity index (χ4n) is 3.60. The zero-order chi connectivity index (χ0) is 19.6. The van der Waals surface area contributed by atoms with Crippen LogP contribution in [-0.2, 0) is 11.8 Å². The number of carbonyl (C=O) groups is 1. The molecule has 6 nitrogen and oxygen atoms in total. The highest BCUT2D eigenvalue weighted by Gasteiger charge is 2.27. The molecule has 0 amide bonds. The summed E-state index contributed by atoms with van der Waals surface area (Å²) in [5.41, 5.74) is 2.52. The number of benzene rings is 1. The highest BCUT2D eigenvalue weighted by atomic mass is 79.9. The number of hydrogen-bond acceptors (Lipinski definition) is 5. The Morgan fingerprint density at radius 3 is 2.56 bits per heavy atom. The van der Waals surface area contributed by atoms with E-state index in [9.17, 15) is 9.59 Å². The second kappa shape index (κ2) is 8.27. The number of hydrogen-bond donors (Lipinski definition) is 1. The van der Waals surface area contributed by atoms with Gasteiger partial charge < -0.3 is 19.5 Å². The number of aryl methyl sites for hydroxylation is 1. The summed E-state index contributed by atoms with van der Waals surface area (Å²) >= 11 is 3.41. The summed E-state index contributed by atoms with van der Waals surface area (Å²) in [7, 11) is 5.22. The highest BCUT2D eigenvalue weighted by Crippen LogP contribution is 2.29. The molecule has 7 heteroatoms. The van der Waals surface area contributed by atoms with Gasteiger partial charge in [-0.3, -0.25) is 4.79 Å². The minimum absolute atomic E-state index is 0.0564. The van der Waals surface area contributed by atoms with Crippen LogP contribution in [0.4, 0.5) is 5.69 Å². The van der Waals surface area contributed by atoms with Gasteiger partial charge in [-0.1, -0.05) is 12.1 Å². The molecule has 1 fully saturated rings. The monoisotopic (exact) mass is 433 g/mol. The summed E-state index contributed by atoms with van der Waals surface area (Å²) < 4.78 is 6.87. The van der Waals surface area contributed by atoms with Crippen molar-refractivity contribution in [2.45, 2.75) is 18.4 Å². The van der Waals surface area contributed by atoms with Crippen molar-refractivity contribution >= 4 is 27.6 Å². The number of esters is 1. The first-order chi connectivity index (χ1) is 12.9. The molecule has 0 unspecified atom stereocenters. The summed E-state index contributed by atoms with van der Waals surface area (Å²) in [5.74, 6) is 0.0237. The number of piperidine rings is 1. The van der Waals surface area contributed by atoms with Crippen molar-refractivity contribution in [3.05, 3.63) is 62.5 Å². The maximum absolute atomic E-state index is 12.1. The van der Waals surface area contributed by atoms with E-state index in [1.807, 2.05) is 30.3 Å². The molecule has 1 aliphatic rings. The van der Waals surface area contributed by atoms with Crippen molar-refractivity contribution in [1.82, 2.24) is 9.47 Å². The van der Waals surface area contributed by atoms with E-state index >= 15 is 0 Å². The van der Waals surface area contributed by atoms with Crippen molar-refractivity contribution < 1.29 is 9.53 Å². The molecule has 1 aromatic heterocycles. The maximum Gasteiger partial charge on any atom is 0.337 e. The van der Waals surface area contributed by atoms with Crippen LogP contribution in [0, 0.1) is 0 Å². The molecule has 2 aromatic rings. The molecule has 0 saturated carbocycles. The van der Waals surface area contributed by atoms with E-state index < -0.39 is 0 Å². The molecule has 1 N–H and O–H groups in total. The summed E-state index contributed by atoms with van der Waals surface area (Å²) in [6.45, 7) is 1.85. The van der Waals surface area contributed by atoms with E-state index in [4.69, 9.17) is 4.74 Å². The van der Waals surface area contributed by atoms with Gasteiger partial charge in [0.05, 0.1) is 18.4 Å². The summed E-state index contributed by atoms with van der Waals surface area (Å²) in [6.07, 6.45) is 2.72. The fourth-order valence-corrected chi connectivity index (χ4v) is 4.13. The van der Waals surface area contributed by atoms with Gasteiger partial charge in [-0.25, -0.2) is 4.79 Å². The Labute approximate surface area is 167 Å². The molecule has 0 spiro atoms. The predicted octanol–water partition coefficient (Wildman–Crippen LogP) is 2.83. The Morgan fingerprint density at radius 1 is 1.19 bits per heavy atom. The third-order valence-corrected chi connectivity index (χ3v) is 5.77. The third kappa shape index (κ3) is 4.42. The van der Waals surface area contributed by atoms with Gasteiger partial charge in [-0.05, 0) is 59.1 Å². The van der Waals surface area contributed by atoms with Gasteiger partial charge >= 0.3 is 5.97 Å². The minimum Gasteiger partial charge on any atom is -0.465 e. The number of nitrogens with zero attached hydrogens (tertiary/aromatic N) is 2. The molecule has 3 rings (SSSR count). The second-order valence-corrected chi connectivity index (χ2v) is 7.86. The molecule has 0 radical (unpaired) electrons. The quantitative estimate of drug-likeness (QED) is 0.750. The zero-order valence-corrected chi connectivity index (χ0v) is 17.3. The summed E-state index contributed by atoms with van der Waals surface area (Å²) in [4.78, 5) is 26.0. The lowest BCUT2D eigenvalue weighted by molar-refractivity contribution is 0.0600. The number of carbonyl (C=O) groups excluding carboxylic acids is 1. The van der Waals surface area contributed by atoms with E-state index in [0.717, 1.165) is 25.2 Å². The van der Waals surface area contributed by atoms with Crippen LogP contribution in [0.1, 0.15) is 28.3 Å². The number of pyridine rings is 1. The maximum atomic E-state index is 12.1. The van der Waals surface area contributed by atoms with Crippen LogP contribution in [-0.4, -0.2) is 48.7 Å². The number of aromatic nitrogens is 1. The fraction of sp³-hybridized carbons (Fsp3) is 0.400. The smallest absolute Gasteiger partial charge is 0.337 e. The van der Waals surface area contributed by atoms with Crippen LogP contribution >= 0.6 is 15.9 Å². The first-order valence-corrected chi connectivity index (χ1v) is 9.67. The Kier molecular flexibility index (Phi) is 6.01. The number of anilines is 1. The molecular weight excluding hydrogens is 410 g/mol. The Balaban J connectivity index is 1.75. The lowest BCUT2D eigenvalue weighted by atomic mass is 9.87. The molecule has 1 aromatic carbocycles. The van der Waals surface area contributed by atoms with Gasteiger partial charge in [0.2, 0.25) is 0 Å². The number of likely N-dealkylation sites (tertiary alicyclic amines) is 1. The van der Waals surface area contributed by atoms with Gasteiger partial charge in [-0.2, -0.15) is 0 Å². The van der Waals surface area contributed by atoms with Crippen LogP contribution in [0.2, 0.25) is 0 Å². The van der Waals surface area contributed by atoms with E-state index in [0.29, 0.717) is 16.0 Å². The molecule has 27 heavy (non-hydrogen) atoms. The average Bonchev–Trinajstić information content (AvgIpc) is 2.67. The number of ether oxygens (including phenoxy) is 1. The molecule has 0 bridgehead atoms. The van der Waals surface area contributed by atoms with Crippen LogP contribution in [0.15, 0.2) is 45.8 Å². The van der Waals surface area contributed by atoms with Gasteiger partial charge in [0.15, 0.2) is 0 Å². The van der Waals surface area contributed by atoms with Gasteiger partial charge in [0.25, 0.3) is 5.56 Å². The van der Waals surface area contributed by atoms with Crippen LogP contribution in [0.25, 0.3) is 0 Å². The van der Waals surface area contributed by atoms with Crippen LogP contribution in [0.3, 0.4) is 0 Å². The first-order valence-electron chi connectivity index (χ1n) is 8.87. The van der Waals surface area contributed by atoms with Crippen molar-refractivity contribution in [3.8, 4) is 0 Å². The Bertz CT molecular complexity index is 879. The van der Waals surface area contributed by atoms with E-state index in [1.54, 1.807) is 17.8 Å². The molecular formula is C20H24BrN3O3. The van der Waals surface area contributed by atoms with Crippen LogP contribution < -0.4 is 10.9 Å². The Hall–Kier alpha value is -2.12. The van der Waals surface area contributed by atoms with Crippen molar-refractivity contribution in [2.75, 3.05) is 32.6 Å². The summed E-state index contributed by atoms with van der Waals surface area (Å²) in [6, 6.07) is 9.77. The van der Waals surface area contributed by atoms with E-state index in [-0.39, 0.29) is 17.6 Å². The van der Waals surface area contributed by atoms with Crippen molar-refractivity contribution in [3.63, 3.8) is 0 Å². The normalized spacial score (nSPS) is 20.3. The average molecular weight is 434 g/mol. The summed E-state index contributed by atoms with van der Waals surface area (Å²) in [5, 5.41) is 3.51. The molecule has 2 atom stereocenters. The molecule has 1 saturated heterocycles. The SMILES string of the molecule is COC(=O)c1ccc([C@H]2C[C@@H](Nc3ccn(C)c(=O)c3Br)CN(C)C2)cc1. The largest absolute Gasteiger partial charge is 0.465 e. The van der Waals surface area contributed by atoms with E-state index in [2.05, 4.69) is 33.2 Å². The number of methoxy groups -OCH3 is 1. The number of halogens is 1. The van der Waals surface area contributed by atoms with Gasteiger partial charge in [-0.15, -0.1) is 0 Å². The first kappa shape index (κ1) is 19.6. The molecule has 0 aliphatic carbocycles. The topological polar surface area (TPSA) is 63.6 Å². The zero-order valence-electron chi connectivity index (χ0n) is 15.7. The highest BCUT2D eigenvalue weighted by molar-refractivity contribution is 9.10. The van der Waals surface area contributed by atoms with Crippen molar-refractivity contribution in [1.29, 1.82) is 0 Å². The second-order valence-electron chi connectivity index (χ2n) is 7.07. The molecule has 1 aliphatic heterocycles. The lowest BCUT2D eigenvalue weighted by Crippen LogP contribution is -2.43. The third-order valence-electron chi connectivity index (χ3n) is 5.01.